The lowest BCUT2D eigenvalue weighted by Gasteiger charge is -2.24. The molecule has 0 spiro atoms. The van der Waals surface area contributed by atoms with E-state index >= 15 is 0 Å². The van der Waals surface area contributed by atoms with Crippen molar-refractivity contribution in [2.75, 3.05) is 7.11 Å². The normalized spacial score (nSPS) is 17.4. The molecule has 1 unspecified atom stereocenters. The fourth-order valence-corrected chi connectivity index (χ4v) is 5.04. The molecule has 2 aromatic heterocycles. The summed E-state index contributed by atoms with van der Waals surface area (Å²) in [5, 5.41) is 18.3. The molecule has 0 saturated heterocycles. The summed E-state index contributed by atoms with van der Waals surface area (Å²) in [6, 6.07) is 8.12. The fraction of sp³-hybridized carbons (Fsp3) is 0.429. The number of halogens is 1. The van der Waals surface area contributed by atoms with E-state index in [9.17, 15) is 14.3 Å². The van der Waals surface area contributed by atoms with E-state index in [1.165, 1.54) is 17.9 Å². The topological polar surface area (TPSA) is 99.4 Å². The third-order valence-electron chi connectivity index (χ3n) is 7.34. The van der Waals surface area contributed by atoms with Gasteiger partial charge in [0.1, 0.15) is 29.6 Å². The Bertz CT molecular complexity index is 1350. The highest BCUT2D eigenvalue weighted by Gasteiger charge is 2.36. The van der Waals surface area contributed by atoms with Gasteiger partial charge in [-0.1, -0.05) is 25.1 Å². The van der Waals surface area contributed by atoms with Gasteiger partial charge in [-0.3, -0.25) is 4.79 Å². The average molecular weight is 507 g/mol. The Labute approximate surface area is 215 Å². The zero-order valence-corrected chi connectivity index (χ0v) is 21.3. The first-order valence-corrected chi connectivity index (χ1v) is 12.6. The average Bonchev–Trinajstić information content (AvgIpc) is 3.54. The molecule has 1 saturated carbocycles. The van der Waals surface area contributed by atoms with Gasteiger partial charge < -0.3 is 14.6 Å². The summed E-state index contributed by atoms with van der Waals surface area (Å²) in [6.07, 6.45) is 8.01. The smallest absolute Gasteiger partial charge is 0.307 e. The fourth-order valence-electron chi connectivity index (χ4n) is 5.04. The van der Waals surface area contributed by atoms with Crippen LogP contribution >= 0.6 is 0 Å². The Morgan fingerprint density at radius 3 is 2.76 bits per heavy atom. The van der Waals surface area contributed by atoms with E-state index in [-0.39, 0.29) is 23.6 Å². The number of aliphatic carboxylic acids is 1. The minimum Gasteiger partial charge on any atom is -0.497 e. The van der Waals surface area contributed by atoms with Gasteiger partial charge in [0, 0.05) is 18.3 Å². The van der Waals surface area contributed by atoms with Crippen molar-refractivity contribution < 1.29 is 23.8 Å². The lowest BCUT2D eigenvalue weighted by molar-refractivity contribution is -0.142. The van der Waals surface area contributed by atoms with Gasteiger partial charge in [0.05, 0.1) is 18.7 Å². The first-order valence-electron chi connectivity index (χ1n) is 12.6. The van der Waals surface area contributed by atoms with Crippen molar-refractivity contribution >= 4 is 11.5 Å². The predicted octanol–water partition coefficient (Wildman–Crippen LogP) is 5.25. The van der Waals surface area contributed by atoms with Crippen LogP contribution < -0.4 is 9.47 Å². The van der Waals surface area contributed by atoms with Gasteiger partial charge in [-0.15, -0.1) is 5.10 Å². The molecule has 3 aromatic rings. The molecule has 0 amide bonds. The molecule has 2 aliphatic rings. The van der Waals surface area contributed by atoms with Crippen LogP contribution in [0.4, 0.5) is 4.39 Å². The first kappa shape index (κ1) is 24.9. The lowest BCUT2D eigenvalue weighted by atomic mass is 9.83. The molecule has 2 aliphatic carbocycles. The molecule has 194 valence electrons. The molecule has 8 nitrogen and oxygen atoms in total. The van der Waals surface area contributed by atoms with Crippen LogP contribution in [0.15, 0.2) is 42.6 Å². The molecular weight excluding hydrogens is 475 g/mol. The van der Waals surface area contributed by atoms with E-state index in [4.69, 9.17) is 9.47 Å². The van der Waals surface area contributed by atoms with Crippen molar-refractivity contribution in [3.05, 3.63) is 65.4 Å². The zero-order chi connectivity index (χ0) is 26.2. The van der Waals surface area contributed by atoms with Gasteiger partial charge in [-0.05, 0) is 72.8 Å². The van der Waals surface area contributed by atoms with E-state index in [2.05, 4.69) is 35.2 Å². The summed E-state index contributed by atoms with van der Waals surface area (Å²) in [6.45, 7) is 4.38. The molecule has 1 N–H and O–H groups in total. The number of methoxy groups -OCH3 is 1. The lowest BCUT2D eigenvalue weighted by Crippen LogP contribution is -2.18. The number of hydrogen-bond donors (Lipinski definition) is 1. The van der Waals surface area contributed by atoms with E-state index < -0.39 is 17.7 Å². The second-order valence-electron chi connectivity index (χ2n) is 10.4. The molecule has 37 heavy (non-hydrogen) atoms. The van der Waals surface area contributed by atoms with Gasteiger partial charge >= 0.3 is 5.97 Å². The Kier molecular flexibility index (Phi) is 6.70. The number of hydrogen-bond acceptors (Lipinski definition) is 6. The van der Waals surface area contributed by atoms with Crippen molar-refractivity contribution in [1.29, 1.82) is 0 Å². The van der Waals surface area contributed by atoms with Crippen LogP contribution in [0, 0.1) is 23.1 Å². The molecule has 0 bridgehead atoms. The van der Waals surface area contributed by atoms with Crippen molar-refractivity contribution in [2.45, 2.75) is 52.6 Å². The molecule has 5 rings (SSSR count). The monoisotopic (exact) mass is 506 g/mol. The van der Waals surface area contributed by atoms with Crippen molar-refractivity contribution in [2.24, 2.45) is 17.3 Å². The molecule has 9 heteroatoms. The van der Waals surface area contributed by atoms with Crippen molar-refractivity contribution in [3.8, 4) is 17.3 Å². The Hall–Kier alpha value is -3.75. The third-order valence-corrected chi connectivity index (χ3v) is 7.34. The van der Waals surface area contributed by atoms with Gasteiger partial charge in [0.25, 0.3) is 0 Å². The molecular formula is C28H31FN4O4. The Balaban J connectivity index is 1.44. The number of rotatable bonds is 10. The quantitative estimate of drug-likeness (QED) is 0.401. The number of allylic oxidation sites excluding steroid dienone is 2. The van der Waals surface area contributed by atoms with Gasteiger partial charge in [-0.2, -0.15) is 0 Å². The van der Waals surface area contributed by atoms with E-state index in [0.29, 0.717) is 29.4 Å². The predicted molar refractivity (Wildman–Crippen MR) is 135 cm³/mol. The van der Waals surface area contributed by atoms with Crippen LogP contribution in [-0.2, 0) is 17.8 Å². The molecule has 1 fully saturated rings. The molecule has 1 atom stereocenters. The van der Waals surface area contributed by atoms with E-state index in [0.717, 1.165) is 36.8 Å². The minimum atomic E-state index is -0.764. The number of ether oxygens (including phenoxy) is 2. The standard InChI is InChI=1S/C28H31FN4O4/c1-28(2)11-4-5-21(28)26-23(31-32-33(26)24-15-19(36-3)8-9-22(24)29)16-37-25-14-17(10-12-30-25)13-20(27(34)35)18-6-7-18/h5,8-10,12,14-15,18,20H,4,6-7,11,13,16H2,1-3H3,(H,34,35). The highest BCUT2D eigenvalue weighted by molar-refractivity contribution is 5.72. The zero-order valence-electron chi connectivity index (χ0n) is 21.3. The van der Waals surface area contributed by atoms with Crippen molar-refractivity contribution in [1.82, 2.24) is 20.0 Å². The second-order valence-corrected chi connectivity index (χ2v) is 10.4. The number of carbonyl (C=O) groups is 1. The molecule has 0 radical (unpaired) electrons. The number of nitrogens with zero attached hydrogens (tertiary/aromatic N) is 4. The van der Waals surface area contributed by atoms with Crippen LogP contribution in [0.1, 0.15) is 56.5 Å². The number of carboxylic acid groups (broad SMARTS) is 1. The summed E-state index contributed by atoms with van der Waals surface area (Å²) in [5.74, 6) is -0.454. The molecule has 2 heterocycles. The van der Waals surface area contributed by atoms with E-state index in [1.54, 1.807) is 24.4 Å². The minimum absolute atomic E-state index is 0.0791. The SMILES string of the molecule is COc1ccc(F)c(-n2nnc(COc3cc(CC(C(=O)O)C4CC4)ccn3)c2C2=CCCC2(C)C)c1. The summed E-state index contributed by atoms with van der Waals surface area (Å²) in [5.41, 5.74) is 3.27. The first-order chi connectivity index (χ1) is 17.8. The van der Waals surface area contributed by atoms with E-state index in [1.807, 2.05) is 6.07 Å². The second kappa shape index (κ2) is 9.95. The largest absolute Gasteiger partial charge is 0.497 e. The van der Waals surface area contributed by atoms with Crippen LogP contribution in [-0.4, -0.2) is 38.2 Å². The molecule has 1 aromatic carbocycles. The van der Waals surface area contributed by atoms with Gasteiger partial charge in [0.2, 0.25) is 5.88 Å². The summed E-state index contributed by atoms with van der Waals surface area (Å²) < 4.78 is 27.8. The van der Waals surface area contributed by atoms with Crippen LogP contribution in [0.5, 0.6) is 11.6 Å². The summed E-state index contributed by atoms with van der Waals surface area (Å²) in [7, 11) is 1.53. The Morgan fingerprint density at radius 2 is 2.08 bits per heavy atom. The number of pyridine rings is 1. The highest BCUT2D eigenvalue weighted by atomic mass is 19.1. The number of benzene rings is 1. The van der Waals surface area contributed by atoms with Gasteiger partial charge in [0.15, 0.2) is 0 Å². The Morgan fingerprint density at radius 1 is 1.27 bits per heavy atom. The summed E-state index contributed by atoms with van der Waals surface area (Å²) >= 11 is 0. The maximum Gasteiger partial charge on any atom is 0.307 e. The van der Waals surface area contributed by atoms with Gasteiger partial charge in [-0.25, -0.2) is 14.1 Å². The summed E-state index contributed by atoms with van der Waals surface area (Å²) in [4.78, 5) is 16.0. The maximum absolute atomic E-state index is 14.9. The van der Waals surface area contributed by atoms with Crippen LogP contribution in [0.2, 0.25) is 0 Å². The van der Waals surface area contributed by atoms with Crippen molar-refractivity contribution in [3.63, 3.8) is 0 Å². The number of carboxylic acids is 1. The van der Waals surface area contributed by atoms with Crippen LogP contribution in [0.3, 0.4) is 0 Å². The van der Waals surface area contributed by atoms with Crippen LogP contribution in [0.25, 0.3) is 11.3 Å². The number of aromatic nitrogens is 4. The molecule has 0 aliphatic heterocycles. The highest BCUT2D eigenvalue weighted by Crippen LogP contribution is 2.45. The maximum atomic E-state index is 14.9. The third kappa shape index (κ3) is 5.21.